The highest BCUT2D eigenvalue weighted by Gasteiger charge is 2.23. The van der Waals surface area contributed by atoms with Crippen molar-refractivity contribution in [2.24, 2.45) is 5.92 Å². The van der Waals surface area contributed by atoms with Crippen molar-refractivity contribution in [2.75, 3.05) is 50.8 Å². The smallest absolute Gasteiger partial charge is 0.251 e. The number of amides is 1. The van der Waals surface area contributed by atoms with E-state index in [0.29, 0.717) is 12.5 Å². The third-order valence-corrected chi connectivity index (χ3v) is 6.01. The summed E-state index contributed by atoms with van der Waals surface area (Å²) in [7, 11) is 0. The van der Waals surface area contributed by atoms with Gasteiger partial charge in [0.15, 0.2) is 0 Å². The van der Waals surface area contributed by atoms with Crippen molar-refractivity contribution in [1.82, 2.24) is 10.2 Å². The number of anilines is 1. The predicted octanol–water partition coefficient (Wildman–Crippen LogP) is 3.43. The third kappa shape index (κ3) is 5.50. The molecule has 6 heteroatoms. The molecule has 0 spiro atoms. The highest BCUT2D eigenvalue weighted by Crippen LogP contribution is 2.25. The number of halogens is 1. The van der Waals surface area contributed by atoms with Gasteiger partial charge in [-0.2, -0.15) is 0 Å². The fourth-order valence-corrected chi connectivity index (χ4v) is 4.13. The van der Waals surface area contributed by atoms with Crippen LogP contribution in [0.1, 0.15) is 22.3 Å². The number of carbonyl (C=O) groups is 1. The topological polar surface area (TPSA) is 44.8 Å². The average molecular weight is 414 g/mol. The molecule has 2 aliphatic rings. The van der Waals surface area contributed by atoms with E-state index in [0.717, 1.165) is 62.9 Å². The van der Waals surface area contributed by atoms with Gasteiger partial charge in [0.1, 0.15) is 0 Å². The maximum atomic E-state index is 12.5. The second kappa shape index (κ2) is 9.61. The molecule has 1 atom stereocenters. The van der Waals surface area contributed by atoms with E-state index < -0.39 is 0 Å². The van der Waals surface area contributed by atoms with Crippen molar-refractivity contribution in [2.45, 2.75) is 13.0 Å². The van der Waals surface area contributed by atoms with E-state index in [1.54, 1.807) is 0 Å². The SMILES string of the molecule is O=C(NCC1CCN(c2ccc(Cl)cc2)C1)c1ccc(CN2CCOCC2)cc1. The zero-order valence-electron chi connectivity index (χ0n) is 16.6. The number of hydrogen-bond acceptors (Lipinski definition) is 4. The Balaban J connectivity index is 1.23. The van der Waals surface area contributed by atoms with E-state index in [4.69, 9.17) is 16.3 Å². The summed E-state index contributed by atoms with van der Waals surface area (Å²) in [5, 5.41) is 3.87. The fourth-order valence-electron chi connectivity index (χ4n) is 4.00. The molecule has 2 aromatic carbocycles. The van der Waals surface area contributed by atoms with E-state index in [1.807, 2.05) is 24.3 Å². The number of benzene rings is 2. The largest absolute Gasteiger partial charge is 0.379 e. The molecule has 5 nitrogen and oxygen atoms in total. The predicted molar refractivity (Wildman–Crippen MR) is 117 cm³/mol. The fraction of sp³-hybridized carbons (Fsp3) is 0.435. The van der Waals surface area contributed by atoms with Gasteiger partial charge in [-0.15, -0.1) is 0 Å². The molecule has 0 bridgehead atoms. The zero-order valence-corrected chi connectivity index (χ0v) is 17.4. The lowest BCUT2D eigenvalue weighted by atomic mass is 10.1. The number of rotatable bonds is 6. The van der Waals surface area contributed by atoms with E-state index in [1.165, 1.54) is 11.3 Å². The van der Waals surface area contributed by atoms with Crippen LogP contribution in [-0.4, -0.2) is 56.7 Å². The van der Waals surface area contributed by atoms with Gasteiger partial charge in [0.2, 0.25) is 0 Å². The van der Waals surface area contributed by atoms with Crippen LogP contribution in [0.3, 0.4) is 0 Å². The van der Waals surface area contributed by atoms with Crippen LogP contribution in [0, 0.1) is 5.92 Å². The first kappa shape index (κ1) is 20.2. The van der Waals surface area contributed by atoms with Gasteiger partial charge >= 0.3 is 0 Å². The number of carbonyl (C=O) groups excluding carboxylic acids is 1. The molecule has 2 aromatic rings. The number of nitrogens with one attached hydrogen (secondary N) is 1. The summed E-state index contributed by atoms with van der Waals surface area (Å²) < 4.78 is 5.39. The van der Waals surface area contributed by atoms with Crippen LogP contribution < -0.4 is 10.2 Å². The number of ether oxygens (including phenoxy) is 1. The highest BCUT2D eigenvalue weighted by molar-refractivity contribution is 6.30. The molecule has 0 aliphatic carbocycles. The van der Waals surface area contributed by atoms with Gasteiger partial charge in [0.05, 0.1) is 13.2 Å². The summed E-state index contributed by atoms with van der Waals surface area (Å²) in [6, 6.07) is 15.9. The van der Waals surface area contributed by atoms with E-state index >= 15 is 0 Å². The number of nitrogens with zero attached hydrogens (tertiary/aromatic N) is 2. The zero-order chi connectivity index (χ0) is 20.1. The molecule has 2 fully saturated rings. The minimum absolute atomic E-state index is 0.00728. The molecule has 0 aromatic heterocycles. The van der Waals surface area contributed by atoms with E-state index in [9.17, 15) is 4.79 Å². The molecule has 0 radical (unpaired) electrons. The summed E-state index contributed by atoms with van der Waals surface area (Å²) in [4.78, 5) is 17.3. The Kier molecular flexibility index (Phi) is 6.70. The lowest BCUT2D eigenvalue weighted by Gasteiger charge is -2.26. The second-order valence-electron chi connectivity index (χ2n) is 7.87. The van der Waals surface area contributed by atoms with Crippen molar-refractivity contribution in [3.8, 4) is 0 Å². The Bertz CT molecular complexity index is 804. The van der Waals surface area contributed by atoms with Gasteiger partial charge in [-0.1, -0.05) is 23.7 Å². The Morgan fingerprint density at radius 3 is 2.48 bits per heavy atom. The number of morpholine rings is 1. The monoisotopic (exact) mass is 413 g/mol. The first-order valence-electron chi connectivity index (χ1n) is 10.3. The lowest BCUT2D eigenvalue weighted by molar-refractivity contribution is 0.0342. The van der Waals surface area contributed by atoms with Crippen LogP contribution in [0.4, 0.5) is 5.69 Å². The first-order valence-corrected chi connectivity index (χ1v) is 10.7. The van der Waals surface area contributed by atoms with Crippen molar-refractivity contribution in [3.63, 3.8) is 0 Å². The van der Waals surface area contributed by atoms with Crippen LogP contribution in [0.15, 0.2) is 48.5 Å². The Hall–Kier alpha value is -2.08. The number of hydrogen-bond donors (Lipinski definition) is 1. The van der Waals surface area contributed by atoms with Crippen molar-refractivity contribution >= 4 is 23.2 Å². The van der Waals surface area contributed by atoms with E-state index in [-0.39, 0.29) is 5.91 Å². The third-order valence-electron chi connectivity index (χ3n) is 5.75. The molecular formula is C23H28ClN3O2. The molecule has 1 unspecified atom stereocenters. The summed E-state index contributed by atoms with van der Waals surface area (Å²) in [6.45, 7) is 7.13. The summed E-state index contributed by atoms with van der Waals surface area (Å²) in [5.41, 5.74) is 3.15. The first-order chi connectivity index (χ1) is 14.2. The normalized spacial score (nSPS) is 20.0. The Labute approximate surface area is 177 Å². The van der Waals surface area contributed by atoms with Gasteiger partial charge in [-0.25, -0.2) is 0 Å². The molecule has 29 heavy (non-hydrogen) atoms. The minimum atomic E-state index is 0.00728. The Morgan fingerprint density at radius 2 is 1.76 bits per heavy atom. The standard InChI is InChI=1S/C23H28ClN3O2/c24-21-5-7-22(8-6-21)27-10-9-19(17-27)15-25-23(28)20-3-1-18(2-4-20)16-26-11-13-29-14-12-26/h1-8,19H,9-17H2,(H,25,28). The van der Waals surface area contributed by atoms with Crippen LogP contribution in [0.25, 0.3) is 0 Å². The highest BCUT2D eigenvalue weighted by atomic mass is 35.5. The molecule has 1 N–H and O–H groups in total. The van der Waals surface area contributed by atoms with Crippen molar-refractivity contribution < 1.29 is 9.53 Å². The van der Waals surface area contributed by atoms with Crippen LogP contribution in [0.5, 0.6) is 0 Å². The summed E-state index contributed by atoms with van der Waals surface area (Å²) in [5.74, 6) is 0.475. The van der Waals surface area contributed by atoms with Crippen molar-refractivity contribution in [1.29, 1.82) is 0 Å². The van der Waals surface area contributed by atoms with Crippen LogP contribution in [-0.2, 0) is 11.3 Å². The Morgan fingerprint density at radius 1 is 1.03 bits per heavy atom. The van der Waals surface area contributed by atoms with Crippen LogP contribution >= 0.6 is 11.6 Å². The molecule has 2 saturated heterocycles. The van der Waals surface area contributed by atoms with Gasteiger partial charge in [-0.3, -0.25) is 9.69 Å². The maximum Gasteiger partial charge on any atom is 0.251 e. The van der Waals surface area contributed by atoms with Gasteiger partial charge in [0.25, 0.3) is 5.91 Å². The molecule has 154 valence electrons. The van der Waals surface area contributed by atoms with Crippen LogP contribution in [0.2, 0.25) is 5.02 Å². The molecule has 4 rings (SSSR count). The van der Waals surface area contributed by atoms with Gasteiger partial charge in [0, 0.05) is 55.5 Å². The lowest BCUT2D eigenvalue weighted by Crippen LogP contribution is -2.35. The molecular weight excluding hydrogens is 386 g/mol. The van der Waals surface area contributed by atoms with Crippen molar-refractivity contribution in [3.05, 3.63) is 64.7 Å². The summed E-state index contributed by atoms with van der Waals surface area (Å²) in [6.07, 6.45) is 1.08. The molecule has 1 amide bonds. The molecule has 0 saturated carbocycles. The quantitative estimate of drug-likeness (QED) is 0.788. The molecule has 2 heterocycles. The van der Waals surface area contributed by atoms with E-state index in [2.05, 4.69) is 39.4 Å². The molecule has 2 aliphatic heterocycles. The summed E-state index contributed by atoms with van der Waals surface area (Å²) >= 11 is 5.97. The second-order valence-corrected chi connectivity index (χ2v) is 8.31. The minimum Gasteiger partial charge on any atom is -0.379 e. The maximum absolute atomic E-state index is 12.5. The average Bonchev–Trinajstić information content (AvgIpc) is 3.23. The van der Waals surface area contributed by atoms with Gasteiger partial charge < -0.3 is 15.0 Å². The van der Waals surface area contributed by atoms with Gasteiger partial charge in [-0.05, 0) is 54.3 Å².